The van der Waals surface area contributed by atoms with E-state index in [1.54, 1.807) is 0 Å². The third-order valence-electron chi connectivity index (χ3n) is 3.27. The fraction of sp³-hybridized carbons (Fsp3) is 0.615. The number of ether oxygens (including phenoxy) is 2. The van der Waals surface area contributed by atoms with Gasteiger partial charge >= 0.3 is 5.97 Å². The molecule has 1 aliphatic heterocycles. The molecule has 1 aliphatic rings. The second-order valence-corrected chi connectivity index (χ2v) is 4.77. The van der Waals surface area contributed by atoms with Crippen LogP contribution in [0.25, 0.3) is 0 Å². The Labute approximate surface area is 112 Å². The number of methoxy groups -OCH3 is 1. The highest BCUT2D eigenvalue weighted by molar-refractivity contribution is 5.85. The van der Waals surface area contributed by atoms with Crippen LogP contribution in [0.3, 0.4) is 0 Å². The Morgan fingerprint density at radius 2 is 2.37 bits per heavy atom. The normalized spacial score (nSPS) is 20.1. The average molecular weight is 265 g/mol. The van der Waals surface area contributed by atoms with Crippen molar-refractivity contribution in [2.24, 2.45) is 5.92 Å². The third-order valence-corrected chi connectivity index (χ3v) is 3.27. The molecule has 0 spiro atoms. The molecule has 0 amide bonds. The fourth-order valence-electron chi connectivity index (χ4n) is 2.12. The van der Waals surface area contributed by atoms with Crippen molar-refractivity contribution in [2.75, 3.05) is 25.6 Å². The van der Waals surface area contributed by atoms with Crippen molar-refractivity contribution in [1.82, 2.24) is 9.97 Å². The van der Waals surface area contributed by atoms with E-state index in [0.29, 0.717) is 11.7 Å². The first-order chi connectivity index (χ1) is 9.10. The number of aryl methyl sites for hydroxylation is 1. The molecule has 2 unspecified atom stereocenters. The number of anilines is 1. The van der Waals surface area contributed by atoms with Crippen LogP contribution < -0.4 is 5.32 Å². The number of hydrogen-bond acceptors (Lipinski definition) is 6. The fourth-order valence-corrected chi connectivity index (χ4v) is 2.12. The van der Waals surface area contributed by atoms with Crippen molar-refractivity contribution in [3.05, 3.63) is 17.6 Å². The number of nitrogens with one attached hydrogen (secondary N) is 1. The van der Waals surface area contributed by atoms with Crippen molar-refractivity contribution in [3.8, 4) is 0 Å². The monoisotopic (exact) mass is 265 g/mol. The Morgan fingerprint density at radius 3 is 3.00 bits per heavy atom. The summed E-state index contributed by atoms with van der Waals surface area (Å²) in [6.07, 6.45) is 1.04. The molecule has 2 heterocycles. The molecule has 1 aromatic rings. The second kappa shape index (κ2) is 5.97. The first kappa shape index (κ1) is 13.7. The van der Waals surface area contributed by atoms with E-state index in [4.69, 9.17) is 4.74 Å². The maximum Gasteiger partial charge on any atom is 0.376 e. The Bertz CT molecular complexity index is 458. The van der Waals surface area contributed by atoms with Crippen molar-refractivity contribution in [2.45, 2.75) is 26.3 Å². The Kier molecular flexibility index (Phi) is 4.31. The number of hydrogen-bond donors (Lipinski definition) is 1. The van der Waals surface area contributed by atoms with Crippen molar-refractivity contribution in [1.29, 1.82) is 0 Å². The lowest BCUT2D eigenvalue weighted by Crippen LogP contribution is -2.27. The maximum absolute atomic E-state index is 11.5. The van der Waals surface area contributed by atoms with Crippen molar-refractivity contribution in [3.63, 3.8) is 0 Å². The van der Waals surface area contributed by atoms with E-state index in [2.05, 4.69) is 26.9 Å². The van der Waals surface area contributed by atoms with Gasteiger partial charge in [0.05, 0.1) is 13.7 Å². The van der Waals surface area contributed by atoms with E-state index in [0.717, 1.165) is 25.3 Å². The maximum atomic E-state index is 11.5. The lowest BCUT2D eigenvalue weighted by Gasteiger charge is -2.20. The van der Waals surface area contributed by atoms with Gasteiger partial charge in [0.2, 0.25) is 5.82 Å². The lowest BCUT2D eigenvalue weighted by molar-refractivity contribution is 0.0586. The molecule has 1 N–H and O–H groups in total. The van der Waals surface area contributed by atoms with Crippen LogP contribution in [0.1, 0.15) is 29.7 Å². The molecular formula is C13H19N3O3. The van der Waals surface area contributed by atoms with E-state index < -0.39 is 5.97 Å². The SMILES string of the molecule is COC(=O)c1nc(C)cc(NC(C)C2CCOC2)n1. The minimum atomic E-state index is -0.524. The molecule has 104 valence electrons. The summed E-state index contributed by atoms with van der Waals surface area (Å²) in [4.78, 5) is 19.7. The molecular weight excluding hydrogens is 246 g/mol. The van der Waals surface area contributed by atoms with Crippen molar-refractivity contribution < 1.29 is 14.3 Å². The summed E-state index contributed by atoms with van der Waals surface area (Å²) in [5.74, 6) is 0.674. The molecule has 1 aromatic heterocycles. The number of nitrogens with zero attached hydrogens (tertiary/aromatic N) is 2. The van der Waals surface area contributed by atoms with Gasteiger partial charge in [-0.2, -0.15) is 0 Å². The predicted molar refractivity (Wildman–Crippen MR) is 70.1 cm³/mol. The zero-order valence-electron chi connectivity index (χ0n) is 11.5. The standard InChI is InChI=1S/C13H19N3O3/c1-8-6-11(16-12(14-8)13(17)18-3)15-9(2)10-4-5-19-7-10/h6,9-10H,4-5,7H2,1-3H3,(H,14,15,16). The van der Waals surface area contributed by atoms with Crippen LogP contribution in [0, 0.1) is 12.8 Å². The number of carbonyl (C=O) groups is 1. The molecule has 0 bridgehead atoms. The summed E-state index contributed by atoms with van der Waals surface area (Å²) in [5, 5.41) is 3.31. The van der Waals surface area contributed by atoms with Crippen molar-refractivity contribution >= 4 is 11.8 Å². The van der Waals surface area contributed by atoms with E-state index in [1.807, 2.05) is 13.0 Å². The molecule has 2 rings (SSSR count). The predicted octanol–water partition coefficient (Wildman–Crippen LogP) is 1.41. The molecule has 0 saturated carbocycles. The van der Waals surface area contributed by atoms with Crippen LogP contribution in [-0.2, 0) is 9.47 Å². The van der Waals surface area contributed by atoms with E-state index >= 15 is 0 Å². The van der Waals surface area contributed by atoms with Gasteiger partial charge in [-0.15, -0.1) is 0 Å². The molecule has 2 atom stereocenters. The Balaban J connectivity index is 2.10. The molecule has 0 aromatic carbocycles. The van der Waals surface area contributed by atoms with Crippen LogP contribution >= 0.6 is 0 Å². The first-order valence-electron chi connectivity index (χ1n) is 6.38. The zero-order chi connectivity index (χ0) is 13.8. The lowest BCUT2D eigenvalue weighted by atomic mass is 10.0. The minimum Gasteiger partial charge on any atom is -0.463 e. The molecule has 6 nitrogen and oxygen atoms in total. The highest BCUT2D eigenvalue weighted by atomic mass is 16.5. The van der Waals surface area contributed by atoms with Crippen LogP contribution in [0.5, 0.6) is 0 Å². The number of aromatic nitrogens is 2. The Hall–Kier alpha value is -1.69. The number of carbonyl (C=O) groups excluding carboxylic acids is 1. The largest absolute Gasteiger partial charge is 0.463 e. The smallest absolute Gasteiger partial charge is 0.376 e. The molecule has 19 heavy (non-hydrogen) atoms. The highest BCUT2D eigenvalue weighted by Crippen LogP contribution is 2.19. The Morgan fingerprint density at radius 1 is 1.58 bits per heavy atom. The second-order valence-electron chi connectivity index (χ2n) is 4.77. The van der Waals surface area contributed by atoms with Gasteiger partial charge in [-0.05, 0) is 20.3 Å². The topological polar surface area (TPSA) is 73.3 Å². The summed E-state index contributed by atoms with van der Waals surface area (Å²) in [7, 11) is 1.32. The van der Waals surface area contributed by atoms with Crippen LogP contribution in [-0.4, -0.2) is 42.3 Å². The summed E-state index contributed by atoms with van der Waals surface area (Å²) in [6, 6.07) is 2.06. The summed E-state index contributed by atoms with van der Waals surface area (Å²) in [5.41, 5.74) is 0.729. The third kappa shape index (κ3) is 3.41. The molecule has 0 aliphatic carbocycles. The van der Waals surface area contributed by atoms with Crippen LogP contribution in [0.4, 0.5) is 5.82 Å². The van der Waals surface area contributed by atoms with Gasteiger partial charge in [-0.25, -0.2) is 14.8 Å². The van der Waals surface area contributed by atoms with E-state index in [-0.39, 0.29) is 11.9 Å². The molecule has 0 radical (unpaired) electrons. The highest BCUT2D eigenvalue weighted by Gasteiger charge is 2.23. The van der Waals surface area contributed by atoms with Crippen LogP contribution in [0.2, 0.25) is 0 Å². The number of rotatable bonds is 4. The van der Waals surface area contributed by atoms with Gasteiger partial charge in [0.15, 0.2) is 0 Å². The summed E-state index contributed by atoms with van der Waals surface area (Å²) < 4.78 is 10.0. The van der Waals surface area contributed by atoms with Crippen LogP contribution in [0.15, 0.2) is 6.07 Å². The van der Waals surface area contributed by atoms with Gasteiger partial charge in [-0.1, -0.05) is 0 Å². The summed E-state index contributed by atoms with van der Waals surface area (Å²) >= 11 is 0. The van der Waals surface area contributed by atoms with E-state index in [9.17, 15) is 4.79 Å². The van der Waals surface area contributed by atoms with E-state index in [1.165, 1.54) is 7.11 Å². The zero-order valence-corrected chi connectivity index (χ0v) is 11.5. The first-order valence-corrected chi connectivity index (χ1v) is 6.38. The van der Waals surface area contributed by atoms with Gasteiger partial charge in [0.1, 0.15) is 5.82 Å². The molecule has 6 heteroatoms. The van der Waals surface area contributed by atoms with Gasteiger partial charge < -0.3 is 14.8 Å². The summed E-state index contributed by atoms with van der Waals surface area (Å²) in [6.45, 7) is 5.49. The van der Waals surface area contributed by atoms with Gasteiger partial charge in [-0.3, -0.25) is 0 Å². The minimum absolute atomic E-state index is 0.0832. The number of esters is 1. The molecule has 1 saturated heterocycles. The van der Waals surface area contributed by atoms with Gasteiger partial charge in [0, 0.05) is 30.3 Å². The average Bonchev–Trinajstić information content (AvgIpc) is 2.91. The molecule has 1 fully saturated rings. The van der Waals surface area contributed by atoms with Gasteiger partial charge in [0.25, 0.3) is 0 Å². The quantitative estimate of drug-likeness (QED) is 0.830.